The fourth-order valence-electron chi connectivity index (χ4n) is 2.96. The Morgan fingerprint density at radius 3 is 2.79 bits per heavy atom. The number of H-pyrrole nitrogens is 1. The number of aromatic amines is 1. The number of nitrogens with zero attached hydrogens (tertiary/aromatic N) is 2. The minimum absolute atomic E-state index is 0.0122. The first-order chi connectivity index (χ1) is 9.08. The van der Waals surface area contributed by atoms with Crippen molar-refractivity contribution in [2.24, 2.45) is 0 Å². The van der Waals surface area contributed by atoms with Gasteiger partial charge in [0.1, 0.15) is 0 Å². The maximum Gasteiger partial charge on any atom is 0.274 e. The predicted octanol–water partition coefficient (Wildman–Crippen LogP) is 2.06. The van der Waals surface area contributed by atoms with Crippen LogP contribution in [0.5, 0.6) is 0 Å². The van der Waals surface area contributed by atoms with Crippen molar-refractivity contribution in [3.05, 3.63) is 17.0 Å². The molecule has 1 N–H and O–H groups in total. The third-order valence-electron chi connectivity index (χ3n) is 4.38. The van der Waals surface area contributed by atoms with E-state index in [1.165, 1.54) is 6.42 Å². The number of hydrogen-bond donors (Lipinski definition) is 1. The van der Waals surface area contributed by atoms with Crippen LogP contribution in [-0.2, 0) is 11.2 Å². The Bertz CT molecular complexity index is 493. The summed E-state index contributed by atoms with van der Waals surface area (Å²) in [7, 11) is 1.89. The molecule has 1 aromatic heterocycles. The zero-order chi connectivity index (χ0) is 13.6. The van der Waals surface area contributed by atoms with Crippen LogP contribution in [0.25, 0.3) is 0 Å². The lowest BCUT2D eigenvalue weighted by Crippen LogP contribution is -2.42. The number of rotatable bonds is 2. The third-order valence-corrected chi connectivity index (χ3v) is 4.38. The maximum atomic E-state index is 12.5. The quantitative estimate of drug-likeness (QED) is 0.888. The van der Waals surface area contributed by atoms with Crippen molar-refractivity contribution in [2.45, 2.75) is 57.8 Å². The first-order valence-corrected chi connectivity index (χ1v) is 7.07. The van der Waals surface area contributed by atoms with Crippen LogP contribution in [0.3, 0.4) is 0 Å². The van der Waals surface area contributed by atoms with Gasteiger partial charge in [-0.2, -0.15) is 5.10 Å². The summed E-state index contributed by atoms with van der Waals surface area (Å²) in [5.74, 6) is 0.0449. The number of aromatic nitrogens is 2. The fraction of sp³-hybridized carbons (Fsp3) is 0.714. The first kappa shape index (κ1) is 12.7. The molecule has 1 aromatic rings. The molecule has 0 spiro atoms. The summed E-state index contributed by atoms with van der Waals surface area (Å²) in [4.78, 5) is 14.4. The van der Waals surface area contributed by atoms with Crippen molar-refractivity contribution >= 4 is 5.91 Å². The molecule has 0 saturated heterocycles. The molecule has 1 aliphatic carbocycles. The number of fused-ring (bicyclic) bond motifs is 1. The average Bonchev–Trinajstić information content (AvgIpc) is 2.69. The van der Waals surface area contributed by atoms with E-state index in [-0.39, 0.29) is 18.1 Å². The number of hydrogen-bond acceptors (Lipinski definition) is 3. The van der Waals surface area contributed by atoms with E-state index < -0.39 is 0 Å². The standard InChI is InChI=1S/C14H21N3O2/c1-8-7-11-12(9(2)19-8)15-16-13(11)14(18)17(3)10-5-4-6-10/h8-10H,4-7H2,1-3H3,(H,15,16)/t8-,9+/m1/s1. The highest BCUT2D eigenvalue weighted by Crippen LogP contribution is 2.31. The molecule has 5 nitrogen and oxygen atoms in total. The third kappa shape index (κ3) is 2.06. The Labute approximate surface area is 113 Å². The van der Waals surface area contributed by atoms with Crippen LogP contribution in [0.4, 0.5) is 0 Å². The Morgan fingerprint density at radius 1 is 1.42 bits per heavy atom. The molecule has 1 amide bonds. The number of carbonyl (C=O) groups is 1. The minimum Gasteiger partial charge on any atom is -0.369 e. The number of nitrogens with one attached hydrogen (secondary N) is 1. The molecular weight excluding hydrogens is 242 g/mol. The molecule has 2 heterocycles. The lowest BCUT2D eigenvalue weighted by molar-refractivity contribution is -0.00704. The molecule has 1 fully saturated rings. The summed E-state index contributed by atoms with van der Waals surface area (Å²) in [6, 6.07) is 0.398. The molecule has 104 valence electrons. The van der Waals surface area contributed by atoms with E-state index in [0.29, 0.717) is 11.7 Å². The molecule has 5 heteroatoms. The molecule has 3 rings (SSSR count). The largest absolute Gasteiger partial charge is 0.369 e. The van der Waals surface area contributed by atoms with E-state index in [1.807, 2.05) is 25.8 Å². The van der Waals surface area contributed by atoms with E-state index in [0.717, 1.165) is 30.5 Å². The summed E-state index contributed by atoms with van der Waals surface area (Å²) in [6.07, 6.45) is 4.34. The summed E-state index contributed by atoms with van der Waals surface area (Å²) in [6.45, 7) is 4.03. The van der Waals surface area contributed by atoms with Crippen LogP contribution in [0, 0.1) is 0 Å². The molecule has 0 bridgehead atoms. The van der Waals surface area contributed by atoms with E-state index in [1.54, 1.807) is 0 Å². The van der Waals surface area contributed by atoms with Gasteiger partial charge in [-0.25, -0.2) is 0 Å². The van der Waals surface area contributed by atoms with Crippen LogP contribution >= 0.6 is 0 Å². The van der Waals surface area contributed by atoms with E-state index >= 15 is 0 Å². The normalized spacial score (nSPS) is 26.7. The lowest BCUT2D eigenvalue weighted by atomic mass is 9.91. The lowest BCUT2D eigenvalue weighted by Gasteiger charge is -2.34. The summed E-state index contributed by atoms with van der Waals surface area (Å²) in [5, 5.41) is 7.23. The molecular formula is C14H21N3O2. The summed E-state index contributed by atoms with van der Waals surface area (Å²) < 4.78 is 5.75. The van der Waals surface area contributed by atoms with Gasteiger partial charge in [-0.3, -0.25) is 9.89 Å². The molecule has 2 atom stereocenters. The van der Waals surface area contributed by atoms with Gasteiger partial charge in [0.15, 0.2) is 5.69 Å². The minimum atomic E-state index is -0.0122. The van der Waals surface area contributed by atoms with Crippen molar-refractivity contribution < 1.29 is 9.53 Å². The number of amides is 1. The number of carbonyl (C=O) groups excluding carboxylic acids is 1. The van der Waals surface area contributed by atoms with Gasteiger partial charge in [-0.05, 0) is 33.1 Å². The van der Waals surface area contributed by atoms with Gasteiger partial charge in [-0.15, -0.1) is 0 Å². The molecule has 0 aromatic carbocycles. The highest BCUT2D eigenvalue weighted by atomic mass is 16.5. The molecule has 2 aliphatic rings. The fourth-order valence-corrected chi connectivity index (χ4v) is 2.96. The summed E-state index contributed by atoms with van der Waals surface area (Å²) >= 11 is 0. The second kappa shape index (κ2) is 4.63. The van der Waals surface area contributed by atoms with Crippen molar-refractivity contribution in [2.75, 3.05) is 7.05 Å². The van der Waals surface area contributed by atoms with Gasteiger partial charge in [0.25, 0.3) is 5.91 Å². The molecule has 0 unspecified atom stereocenters. The monoisotopic (exact) mass is 263 g/mol. The van der Waals surface area contributed by atoms with Gasteiger partial charge in [-0.1, -0.05) is 0 Å². The van der Waals surface area contributed by atoms with Crippen LogP contribution in [0.1, 0.15) is 61.0 Å². The van der Waals surface area contributed by atoms with Crippen LogP contribution in [0.15, 0.2) is 0 Å². The van der Waals surface area contributed by atoms with Gasteiger partial charge in [0.05, 0.1) is 17.9 Å². The second-order valence-corrected chi connectivity index (χ2v) is 5.76. The number of ether oxygens (including phenoxy) is 1. The highest BCUT2D eigenvalue weighted by Gasteiger charge is 2.33. The molecule has 1 aliphatic heterocycles. The van der Waals surface area contributed by atoms with Crippen molar-refractivity contribution in [1.29, 1.82) is 0 Å². The molecule has 0 radical (unpaired) electrons. The Hall–Kier alpha value is -1.36. The van der Waals surface area contributed by atoms with Crippen LogP contribution in [-0.4, -0.2) is 40.2 Å². The van der Waals surface area contributed by atoms with Crippen molar-refractivity contribution in [3.8, 4) is 0 Å². The van der Waals surface area contributed by atoms with Gasteiger partial charge in [0, 0.05) is 25.1 Å². The zero-order valence-electron chi connectivity index (χ0n) is 11.8. The average molecular weight is 263 g/mol. The molecule has 1 saturated carbocycles. The molecule has 19 heavy (non-hydrogen) atoms. The zero-order valence-corrected chi connectivity index (χ0v) is 11.8. The van der Waals surface area contributed by atoms with Crippen molar-refractivity contribution in [3.63, 3.8) is 0 Å². The Kier molecular flexibility index (Phi) is 3.09. The Morgan fingerprint density at radius 2 is 2.16 bits per heavy atom. The van der Waals surface area contributed by atoms with E-state index in [2.05, 4.69) is 10.2 Å². The van der Waals surface area contributed by atoms with Gasteiger partial charge >= 0.3 is 0 Å². The predicted molar refractivity (Wildman–Crippen MR) is 71.0 cm³/mol. The Balaban J connectivity index is 1.87. The summed E-state index contributed by atoms with van der Waals surface area (Å²) in [5.41, 5.74) is 2.59. The van der Waals surface area contributed by atoms with Crippen LogP contribution < -0.4 is 0 Å². The first-order valence-electron chi connectivity index (χ1n) is 7.07. The second-order valence-electron chi connectivity index (χ2n) is 5.76. The van der Waals surface area contributed by atoms with Gasteiger partial charge in [0.2, 0.25) is 0 Å². The van der Waals surface area contributed by atoms with E-state index in [9.17, 15) is 4.79 Å². The SMILES string of the molecule is C[C@@H]1Cc2c(C(=O)N(C)C3CCC3)n[nH]c2[C@H](C)O1. The van der Waals surface area contributed by atoms with Crippen LogP contribution in [0.2, 0.25) is 0 Å². The van der Waals surface area contributed by atoms with Crippen molar-refractivity contribution in [1.82, 2.24) is 15.1 Å². The van der Waals surface area contributed by atoms with E-state index in [4.69, 9.17) is 4.74 Å². The smallest absolute Gasteiger partial charge is 0.274 e. The highest BCUT2D eigenvalue weighted by molar-refractivity contribution is 5.94. The maximum absolute atomic E-state index is 12.5. The topological polar surface area (TPSA) is 58.2 Å². The van der Waals surface area contributed by atoms with Gasteiger partial charge < -0.3 is 9.64 Å².